The van der Waals surface area contributed by atoms with Gasteiger partial charge in [-0.15, -0.1) is 0 Å². The Balaban J connectivity index is 2.14. The number of amides is 1. The highest BCUT2D eigenvalue weighted by Crippen LogP contribution is 2.24. The van der Waals surface area contributed by atoms with E-state index < -0.39 is 5.97 Å². The van der Waals surface area contributed by atoms with Crippen molar-refractivity contribution in [2.24, 2.45) is 11.8 Å². The van der Waals surface area contributed by atoms with E-state index in [1.807, 2.05) is 4.90 Å². The van der Waals surface area contributed by atoms with Gasteiger partial charge in [-0.2, -0.15) is 0 Å². The molecule has 0 aromatic rings. The van der Waals surface area contributed by atoms with Gasteiger partial charge in [-0.25, -0.2) is 0 Å². The van der Waals surface area contributed by atoms with Crippen LogP contribution in [-0.4, -0.2) is 35.0 Å². The topological polar surface area (TPSA) is 57.6 Å². The lowest BCUT2D eigenvalue weighted by atomic mass is 9.89. The van der Waals surface area contributed by atoms with Crippen LogP contribution in [0.3, 0.4) is 0 Å². The van der Waals surface area contributed by atoms with E-state index in [-0.39, 0.29) is 12.3 Å². The smallest absolute Gasteiger partial charge is 0.303 e. The fraction of sp³-hybridized carbons (Fsp3) is 0.875. The molecule has 0 aliphatic carbocycles. The third-order valence-electron chi connectivity index (χ3n) is 4.15. The summed E-state index contributed by atoms with van der Waals surface area (Å²) in [5, 5.41) is 8.55. The zero-order valence-corrected chi connectivity index (χ0v) is 12.9. The van der Waals surface area contributed by atoms with Crippen LogP contribution < -0.4 is 0 Å². The monoisotopic (exact) mass is 283 g/mol. The minimum Gasteiger partial charge on any atom is -0.481 e. The fourth-order valence-electron chi connectivity index (χ4n) is 2.75. The van der Waals surface area contributed by atoms with Crippen molar-refractivity contribution in [3.05, 3.63) is 0 Å². The van der Waals surface area contributed by atoms with E-state index in [2.05, 4.69) is 13.8 Å². The standard InChI is InChI=1S/C16H29NO3/c1-13(2)7-8-14-9-11-17(12-10-14)15(18)5-3-4-6-16(19)20/h13-14H,3-12H2,1-2H3,(H,19,20). The molecule has 1 aliphatic rings. The molecule has 1 aliphatic heterocycles. The van der Waals surface area contributed by atoms with Crippen molar-refractivity contribution in [1.29, 1.82) is 0 Å². The van der Waals surface area contributed by atoms with E-state index >= 15 is 0 Å². The molecular weight excluding hydrogens is 254 g/mol. The van der Waals surface area contributed by atoms with Gasteiger partial charge in [0, 0.05) is 25.9 Å². The lowest BCUT2D eigenvalue weighted by Gasteiger charge is -2.32. The average Bonchev–Trinajstić information content (AvgIpc) is 2.41. The van der Waals surface area contributed by atoms with Gasteiger partial charge in [0.1, 0.15) is 0 Å². The molecule has 4 heteroatoms. The van der Waals surface area contributed by atoms with Crippen molar-refractivity contribution < 1.29 is 14.7 Å². The number of aliphatic carboxylic acids is 1. The molecule has 1 saturated heterocycles. The summed E-state index contributed by atoms with van der Waals surface area (Å²) in [5.41, 5.74) is 0. The maximum atomic E-state index is 12.0. The molecule has 0 saturated carbocycles. The zero-order valence-electron chi connectivity index (χ0n) is 12.9. The summed E-state index contributed by atoms with van der Waals surface area (Å²) in [6, 6.07) is 0. The van der Waals surface area contributed by atoms with E-state index in [1.165, 1.54) is 12.8 Å². The molecule has 1 heterocycles. The van der Waals surface area contributed by atoms with Crippen LogP contribution in [0.1, 0.15) is 65.2 Å². The lowest BCUT2D eigenvalue weighted by molar-refractivity contribution is -0.137. The van der Waals surface area contributed by atoms with Gasteiger partial charge in [0.25, 0.3) is 0 Å². The predicted molar refractivity (Wildman–Crippen MR) is 79.5 cm³/mol. The van der Waals surface area contributed by atoms with Gasteiger partial charge in [0.15, 0.2) is 0 Å². The minimum atomic E-state index is -0.775. The first-order valence-electron chi connectivity index (χ1n) is 7.98. The number of carboxylic acid groups (broad SMARTS) is 1. The second kappa shape index (κ2) is 8.98. The molecule has 0 radical (unpaired) electrons. The van der Waals surface area contributed by atoms with Crippen molar-refractivity contribution in [3.8, 4) is 0 Å². The highest BCUT2D eigenvalue weighted by Gasteiger charge is 2.22. The third-order valence-corrected chi connectivity index (χ3v) is 4.15. The Hall–Kier alpha value is -1.06. The summed E-state index contributed by atoms with van der Waals surface area (Å²) in [6.45, 7) is 6.30. The first-order chi connectivity index (χ1) is 9.49. The van der Waals surface area contributed by atoms with Crippen LogP contribution in [0.15, 0.2) is 0 Å². The van der Waals surface area contributed by atoms with E-state index in [4.69, 9.17) is 5.11 Å². The van der Waals surface area contributed by atoms with Gasteiger partial charge in [-0.05, 0) is 37.5 Å². The van der Waals surface area contributed by atoms with Crippen LogP contribution in [0.4, 0.5) is 0 Å². The summed E-state index contributed by atoms with van der Waals surface area (Å²) in [7, 11) is 0. The van der Waals surface area contributed by atoms with Gasteiger partial charge in [-0.3, -0.25) is 9.59 Å². The number of hydrogen-bond acceptors (Lipinski definition) is 2. The lowest BCUT2D eigenvalue weighted by Crippen LogP contribution is -2.38. The quantitative estimate of drug-likeness (QED) is 0.695. The second-order valence-electron chi connectivity index (χ2n) is 6.40. The predicted octanol–water partition coefficient (Wildman–Crippen LogP) is 3.31. The number of likely N-dealkylation sites (tertiary alicyclic amines) is 1. The summed E-state index contributed by atoms with van der Waals surface area (Å²) >= 11 is 0. The number of unbranched alkanes of at least 4 members (excludes halogenated alkanes) is 1. The molecule has 0 aromatic carbocycles. The van der Waals surface area contributed by atoms with E-state index in [0.717, 1.165) is 37.8 Å². The Morgan fingerprint density at radius 2 is 1.75 bits per heavy atom. The molecule has 0 aromatic heterocycles. The molecule has 0 spiro atoms. The zero-order chi connectivity index (χ0) is 15.0. The molecule has 1 fully saturated rings. The maximum absolute atomic E-state index is 12.0. The summed E-state index contributed by atoms with van der Waals surface area (Å²) in [5.74, 6) is 0.985. The number of hydrogen-bond donors (Lipinski definition) is 1. The van der Waals surface area contributed by atoms with E-state index in [0.29, 0.717) is 19.3 Å². The Labute approximate surface area is 122 Å². The van der Waals surface area contributed by atoms with Crippen LogP contribution in [0, 0.1) is 11.8 Å². The van der Waals surface area contributed by atoms with Crippen molar-refractivity contribution >= 4 is 11.9 Å². The van der Waals surface area contributed by atoms with Crippen molar-refractivity contribution in [3.63, 3.8) is 0 Å². The Morgan fingerprint density at radius 1 is 1.15 bits per heavy atom. The molecular formula is C16H29NO3. The van der Waals surface area contributed by atoms with Gasteiger partial charge >= 0.3 is 5.97 Å². The molecule has 0 unspecified atom stereocenters. The van der Waals surface area contributed by atoms with Gasteiger partial charge < -0.3 is 10.0 Å². The second-order valence-corrected chi connectivity index (χ2v) is 6.40. The average molecular weight is 283 g/mol. The van der Waals surface area contributed by atoms with Crippen molar-refractivity contribution in [2.75, 3.05) is 13.1 Å². The van der Waals surface area contributed by atoms with Crippen LogP contribution in [0.25, 0.3) is 0 Å². The number of carboxylic acids is 1. The van der Waals surface area contributed by atoms with Crippen LogP contribution in [0.5, 0.6) is 0 Å². The van der Waals surface area contributed by atoms with E-state index in [1.54, 1.807) is 0 Å². The van der Waals surface area contributed by atoms with Crippen molar-refractivity contribution in [1.82, 2.24) is 4.90 Å². The molecule has 1 rings (SSSR count). The molecule has 1 amide bonds. The maximum Gasteiger partial charge on any atom is 0.303 e. The minimum absolute atomic E-state index is 0.171. The SMILES string of the molecule is CC(C)CCC1CCN(C(=O)CCCCC(=O)O)CC1. The normalized spacial score (nSPS) is 16.6. The van der Waals surface area contributed by atoms with Gasteiger partial charge in [0.2, 0.25) is 5.91 Å². The third kappa shape index (κ3) is 6.92. The van der Waals surface area contributed by atoms with Gasteiger partial charge in [-0.1, -0.05) is 26.7 Å². The molecule has 4 nitrogen and oxygen atoms in total. The molecule has 20 heavy (non-hydrogen) atoms. The summed E-state index contributed by atoms with van der Waals surface area (Å²) in [6.07, 6.45) is 6.81. The fourth-order valence-corrected chi connectivity index (χ4v) is 2.75. The van der Waals surface area contributed by atoms with E-state index in [9.17, 15) is 9.59 Å². The van der Waals surface area contributed by atoms with Crippen molar-refractivity contribution in [2.45, 2.75) is 65.2 Å². The summed E-state index contributed by atoms with van der Waals surface area (Å²) in [4.78, 5) is 24.4. The first kappa shape index (κ1) is 17.0. The number of carbonyl (C=O) groups is 2. The molecule has 0 bridgehead atoms. The molecule has 116 valence electrons. The van der Waals surface area contributed by atoms with Crippen LogP contribution >= 0.6 is 0 Å². The van der Waals surface area contributed by atoms with Gasteiger partial charge in [0.05, 0.1) is 0 Å². The highest BCUT2D eigenvalue weighted by molar-refractivity contribution is 5.76. The summed E-state index contributed by atoms with van der Waals surface area (Å²) < 4.78 is 0. The highest BCUT2D eigenvalue weighted by atomic mass is 16.4. The first-order valence-corrected chi connectivity index (χ1v) is 7.98. The number of carbonyl (C=O) groups excluding carboxylic acids is 1. The largest absolute Gasteiger partial charge is 0.481 e. The van der Waals surface area contributed by atoms with Crippen LogP contribution in [0.2, 0.25) is 0 Å². The number of rotatable bonds is 8. The van der Waals surface area contributed by atoms with Crippen LogP contribution in [-0.2, 0) is 9.59 Å². The molecule has 0 atom stereocenters. The number of nitrogens with zero attached hydrogens (tertiary/aromatic N) is 1. The Morgan fingerprint density at radius 3 is 2.30 bits per heavy atom. The Bertz CT molecular complexity index is 307. The molecule has 1 N–H and O–H groups in total. The number of piperidine rings is 1. The Kier molecular flexibility index (Phi) is 7.63.